The quantitative estimate of drug-likeness (QED) is 0.415. The lowest BCUT2D eigenvalue weighted by molar-refractivity contribution is -0.135. The maximum absolute atomic E-state index is 12.4. The summed E-state index contributed by atoms with van der Waals surface area (Å²) in [5, 5.41) is 5.36. The molecule has 10 nitrogen and oxygen atoms in total. The summed E-state index contributed by atoms with van der Waals surface area (Å²) in [5.41, 5.74) is 0.875. The van der Waals surface area contributed by atoms with Crippen LogP contribution < -0.4 is 14.4 Å². The predicted octanol–water partition coefficient (Wildman–Crippen LogP) is 3.22. The number of hydrazone groups is 1. The van der Waals surface area contributed by atoms with E-state index < -0.39 is 24.1 Å². The van der Waals surface area contributed by atoms with Crippen molar-refractivity contribution in [1.82, 2.24) is 5.01 Å². The molecule has 11 heteroatoms. The molecule has 0 saturated carbocycles. The van der Waals surface area contributed by atoms with Crippen molar-refractivity contribution in [3.8, 4) is 11.5 Å². The van der Waals surface area contributed by atoms with Crippen LogP contribution in [0.1, 0.15) is 33.3 Å². The van der Waals surface area contributed by atoms with Crippen molar-refractivity contribution in [1.29, 1.82) is 0 Å². The molecule has 34 heavy (non-hydrogen) atoms. The minimum absolute atomic E-state index is 0.00201. The van der Waals surface area contributed by atoms with E-state index in [1.807, 2.05) is 0 Å². The number of hydrogen-bond donors (Lipinski definition) is 0. The van der Waals surface area contributed by atoms with Crippen molar-refractivity contribution >= 4 is 51.3 Å². The molecule has 2 aromatic carbocycles. The highest BCUT2D eigenvalue weighted by Gasteiger charge is 2.35. The summed E-state index contributed by atoms with van der Waals surface area (Å²) < 4.78 is 17.1. The fourth-order valence-electron chi connectivity index (χ4n) is 3.21. The number of ether oxygens (including phenoxy) is 3. The van der Waals surface area contributed by atoms with Gasteiger partial charge in [-0.1, -0.05) is 15.9 Å². The molecule has 1 atom stereocenters. The zero-order valence-electron chi connectivity index (χ0n) is 18.9. The first-order valence-corrected chi connectivity index (χ1v) is 10.9. The lowest BCUT2D eigenvalue weighted by Crippen LogP contribution is -2.44. The van der Waals surface area contributed by atoms with E-state index in [-0.39, 0.29) is 35.4 Å². The van der Waals surface area contributed by atoms with Crippen molar-refractivity contribution in [3.63, 3.8) is 0 Å². The molecule has 0 aromatic heterocycles. The van der Waals surface area contributed by atoms with Crippen molar-refractivity contribution in [2.45, 2.75) is 33.9 Å². The standard InChI is InChI=1S/C23H22BrN3O7/c1-13(28)26(18-7-5-17(24)6-8-18)12-22-27(14(2)29)25-23(34-22)20-10-9-19(32-15(3)30)11-21(20)33-16(4)31/h5-11,22H,12H2,1-4H3/t22-/m1/s1. The fraction of sp³-hybridized carbons (Fsp3) is 0.261. The molecule has 2 amide bonds. The Hall–Kier alpha value is -3.73. The Morgan fingerprint density at radius 1 is 1.00 bits per heavy atom. The van der Waals surface area contributed by atoms with E-state index in [2.05, 4.69) is 21.0 Å². The summed E-state index contributed by atoms with van der Waals surface area (Å²) in [6.07, 6.45) is -0.932. The van der Waals surface area contributed by atoms with E-state index >= 15 is 0 Å². The molecule has 0 saturated heterocycles. The Morgan fingerprint density at radius 3 is 2.21 bits per heavy atom. The van der Waals surface area contributed by atoms with Gasteiger partial charge in [0.25, 0.3) is 0 Å². The smallest absolute Gasteiger partial charge is 0.308 e. The minimum atomic E-state index is -0.932. The first kappa shape index (κ1) is 24.9. The Labute approximate surface area is 204 Å². The molecule has 0 aliphatic carbocycles. The number of amides is 2. The van der Waals surface area contributed by atoms with Crippen LogP contribution in [-0.2, 0) is 23.9 Å². The van der Waals surface area contributed by atoms with Gasteiger partial charge in [-0.15, -0.1) is 5.10 Å². The van der Waals surface area contributed by atoms with Gasteiger partial charge in [-0.05, 0) is 36.4 Å². The number of carbonyl (C=O) groups excluding carboxylic acids is 4. The van der Waals surface area contributed by atoms with Gasteiger partial charge < -0.3 is 19.1 Å². The van der Waals surface area contributed by atoms with Crippen molar-refractivity contribution in [2.75, 3.05) is 11.4 Å². The molecule has 0 spiro atoms. The van der Waals surface area contributed by atoms with E-state index in [0.717, 1.165) is 9.48 Å². The summed E-state index contributed by atoms with van der Waals surface area (Å²) in [6.45, 7) is 5.18. The molecule has 1 aliphatic rings. The van der Waals surface area contributed by atoms with Gasteiger partial charge in [0.1, 0.15) is 11.5 Å². The van der Waals surface area contributed by atoms with E-state index in [1.165, 1.54) is 50.8 Å². The number of esters is 2. The van der Waals surface area contributed by atoms with Gasteiger partial charge in [0.2, 0.25) is 23.9 Å². The molecule has 1 heterocycles. The SMILES string of the molecule is CC(=O)Oc1ccc(C2=NN(C(C)=O)[C@@H](CN(C(C)=O)c3ccc(Br)cc3)O2)c(OC(C)=O)c1. The summed E-state index contributed by atoms with van der Waals surface area (Å²) in [4.78, 5) is 49.0. The zero-order valence-corrected chi connectivity index (χ0v) is 20.5. The Bertz CT molecular complexity index is 1160. The lowest BCUT2D eigenvalue weighted by Gasteiger charge is -2.27. The van der Waals surface area contributed by atoms with Crippen LogP contribution >= 0.6 is 15.9 Å². The second-order valence-electron chi connectivity index (χ2n) is 7.29. The maximum Gasteiger partial charge on any atom is 0.308 e. The number of halogens is 1. The maximum atomic E-state index is 12.4. The fourth-order valence-corrected chi connectivity index (χ4v) is 3.48. The van der Waals surface area contributed by atoms with E-state index in [1.54, 1.807) is 24.3 Å². The monoisotopic (exact) mass is 531 g/mol. The number of rotatable bonds is 6. The van der Waals surface area contributed by atoms with Crippen LogP contribution in [0.2, 0.25) is 0 Å². The van der Waals surface area contributed by atoms with Crippen LogP contribution in [0.3, 0.4) is 0 Å². The molecule has 1 aliphatic heterocycles. The van der Waals surface area contributed by atoms with Gasteiger partial charge in [0.15, 0.2) is 0 Å². The third kappa shape index (κ3) is 5.98. The number of nitrogens with zero attached hydrogens (tertiary/aromatic N) is 3. The molecule has 0 unspecified atom stereocenters. The zero-order chi connectivity index (χ0) is 25.0. The number of benzene rings is 2. The number of hydrogen-bond acceptors (Lipinski definition) is 8. The summed E-state index contributed by atoms with van der Waals surface area (Å²) in [7, 11) is 0. The third-order valence-corrected chi connectivity index (χ3v) is 5.13. The van der Waals surface area contributed by atoms with Crippen molar-refractivity contribution in [3.05, 3.63) is 52.5 Å². The Balaban J connectivity index is 1.92. The van der Waals surface area contributed by atoms with Crippen LogP contribution in [-0.4, -0.2) is 47.4 Å². The lowest BCUT2D eigenvalue weighted by atomic mass is 10.2. The normalized spacial score (nSPS) is 14.7. The molecule has 178 valence electrons. The molecule has 3 rings (SSSR count). The van der Waals surface area contributed by atoms with Crippen LogP contribution in [0.4, 0.5) is 5.69 Å². The summed E-state index contributed by atoms with van der Waals surface area (Å²) >= 11 is 3.36. The van der Waals surface area contributed by atoms with Gasteiger partial charge in [-0.25, -0.2) is 0 Å². The molecule has 0 N–H and O–H groups in total. The number of anilines is 1. The molecular weight excluding hydrogens is 510 g/mol. The highest BCUT2D eigenvalue weighted by molar-refractivity contribution is 9.10. The van der Waals surface area contributed by atoms with Gasteiger partial charge in [0, 0.05) is 43.9 Å². The van der Waals surface area contributed by atoms with Gasteiger partial charge in [-0.2, -0.15) is 5.01 Å². The van der Waals surface area contributed by atoms with Gasteiger partial charge >= 0.3 is 11.9 Å². The van der Waals surface area contributed by atoms with Crippen LogP contribution in [0.15, 0.2) is 52.0 Å². The van der Waals surface area contributed by atoms with Crippen molar-refractivity contribution in [2.24, 2.45) is 5.10 Å². The summed E-state index contributed by atoms with van der Waals surface area (Å²) in [6, 6.07) is 11.4. The third-order valence-electron chi connectivity index (χ3n) is 4.60. The highest BCUT2D eigenvalue weighted by Crippen LogP contribution is 2.30. The number of carbonyl (C=O) groups is 4. The highest BCUT2D eigenvalue weighted by atomic mass is 79.9. The second-order valence-corrected chi connectivity index (χ2v) is 8.21. The van der Waals surface area contributed by atoms with Crippen molar-refractivity contribution < 1.29 is 33.4 Å². The van der Waals surface area contributed by atoms with Crippen LogP contribution in [0.25, 0.3) is 0 Å². The predicted molar refractivity (Wildman–Crippen MR) is 125 cm³/mol. The average Bonchev–Trinajstić information content (AvgIpc) is 3.16. The van der Waals surface area contributed by atoms with Crippen LogP contribution in [0, 0.1) is 0 Å². The Kier molecular flexibility index (Phi) is 7.67. The van der Waals surface area contributed by atoms with Gasteiger partial charge in [0.05, 0.1) is 12.1 Å². The Morgan fingerprint density at radius 2 is 1.65 bits per heavy atom. The van der Waals surface area contributed by atoms with E-state index in [9.17, 15) is 19.2 Å². The largest absolute Gasteiger partial charge is 0.448 e. The topological polar surface area (TPSA) is 115 Å². The first-order valence-electron chi connectivity index (χ1n) is 10.1. The molecule has 2 aromatic rings. The molecule has 0 fully saturated rings. The second kappa shape index (κ2) is 10.5. The minimum Gasteiger partial charge on any atom is -0.448 e. The molecule has 0 bridgehead atoms. The molecule has 0 radical (unpaired) electrons. The van der Waals surface area contributed by atoms with E-state index in [4.69, 9.17) is 14.2 Å². The first-order chi connectivity index (χ1) is 16.0. The average molecular weight is 532 g/mol. The molecular formula is C23H22BrN3O7. The van der Waals surface area contributed by atoms with E-state index in [0.29, 0.717) is 5.69 Å². The summed E-state index contributed by atoms with van der Waals surface area (Å²) in [5.74, 6) is -1.63. The van der Waals surface area contributed by atoms with Crippen LogP contribution in [0.5, 0.6) is 11.5 Å². The van der Waals surface area contributed by atoms with Gasteiger partial charge in [-0.3, -0.25) is 19.2 Å².